The molecule has 0 saturated carbocycles. The Morgan fingerprint density at radius 1 is 1.11 bits per heavy atom. The molecule has 98 valence electrons. The highest BCUT2D eigenvalue weighted by molar-refractivity contribution is 5.41. The van der Waals surface area contributed by atoms with Gasteiger partial charge in [-0.05, 0) is 36.3 Å². The van der Waals surface area contributed by atoms with Crippen LogP contribution in [0.3, 0.4) is 0 Å². The van der Waals surface area contributed by atoms with Gasteiger partial charge in [-0.2, -0.15) is 13.2 Å². The van der Waals surface area contributed by atoms with Crippen LogP contribution in [0.25, 0.3) is 0 Å². The molecule has 0 aliphatic rings. The van der Waals surface area contributed by atoms with Crippen molar-refractivity contribution >= 4 is 0 Å². The highest BCUT2D eigenvalue weighted by Crippen LogP contribution is 2.29. The van der Waals surface area contributed by atoms with Crippen molar-refractivity contribution in [1.29, 1.82) is 0 Å². The lowest BCUT2D eigenvalue weighted by Crippen LogP contribution is -2.04. The lowest BCUT2D eigenvalue weighted by molar-refractivity contribution is -0.137. The van der Waals surface area contributed by atoms with Crippen molar-refractivity contribution in [3.05, 3.63) is 59.0 Å². The van der Waals surface area contributed by atoms with Gasteiger partial charge in [-0.15, -0.1) is 0 Å². The average Bonchev–Trinajstić information content (AvgIpc) is 2.84. The minimum atomic E-state index is -4.35. The van der Waals surface area contributed by atoms with Crippen molar-refractivity contribution < 1.29 is 17.6 Å². The van der Waals surface area contributed by atoms with Crippen molar-refractivity contribution in [3.63, 3.8) is 0 Å². The van der Waals surface area contributed by atoms with Crippen LogP contribution in [0.4, 0.5) is 13.2 Å². The van der Waals surface area contributed by atoms with Crippen molar-refractivity contribution in [2.75, 3.05) is 0 Å². The molecule has 0 saturated heterocycles. The summed E-state index contributed by atoms with van der Waals surface area (Å²) in [6.45, 7) is 1.95. The molecular weight excluding hydrogens is 253 g/mol. The second-order valence-corrected chi connectivity index (χ2v) is 3.95. The predicted octanol–water partition coefficient (Wildman–Crippen LogP) is 4.26. The van der Waals surface area contributed by atoms with Crippen LogP contribution in [0.1, 0.15) is 29.6 Å². The number of benzene rings is 1. The molecule has 0 spiro atoms. The third kappa shape index (κ3) is 3.41. The summed E-state index contributed by atoms with van der Waals surface area (Å²) in [4.78, 5) is 0. The van der Waals surface area contributed by atoms with Gasteiger partial charge in [-0.25, -0.2) is 0 Å². The molecule has 19 heavy (non-hydrogen) atoms. The second kappa shape index (κ2) is 5.23. The van der Waals surface area contributed by atoms with E-state index in [1.54, 1.807) is 12.1 Å². The first-order valence-electron chi connectivity index (χ1n) is 5.77. The van der Waals surface area contributed by atoms with E-state index in [2.05, 4.69) is 11.8 Å². The smallest absolute Gasteiger partial charge is 0.416 e. The van der Waals surface area contributed by atoms with Gasteiger partial charge in [0.25, 0.3) is 0 Å². The molecule has 1 aromatic heterocycles. The van der Waals surface area contributed by atoms with Crippen LogP contribution in [-0.2, 0) is 12.6 Å². The number of halogens is 3. The molecule has 1 aromatic carbocycles. The zero-order chi connectivity index (χ0) is 13.9. The fraction of sp³-hybridized carbons (Fsp3) is 0.200. The molecule has 0 unspecified atom stereocenters. The van der Waals surface area contributed by atoms with Crippen molar-refractivity contribution in [3.8, 4) is 11.8 Å². The van der Waals surface area contributed by atoms with Gasteiger partial charge < -0.3 is 4.42 Å². The molecule has 1 heterocycles. The summed E-state index contributed by atoms with van der Waals surface area (Å²) in [5, 5.41) is 0. The maximum absolute atomic E-state index is 12.5. The van der Waals surface area contributed by atoms with E-state index >= 15 is 0 Å². The van der Waals surface area contributed by atoms with Crippen molar-refractivity contribution in [2.45, 2.75) is 19.5 Å². The molecule has 0 N–H and O–H groups in total. The standard InChI is InChI=1S/C15H11F3O/c1-2-13-8-9-14(19-13)7-6-11-4-3-5-12(10-11)15(16,17)18/h3-5,8-10H,2H2,1H3. The summed E-state index contributed by atoms with van der Waals surface area (Å²) in [5.41, 5.74) is -0.391. The fourth-order valence-corrected chi connectivity index (χ4v) is 1.54. The monoisotopic (exact) mass is 264 g/mol. The van der Waals surface area contributed by atoms with Crippen molar-refractivity contribution in [2.24, 2.45) is 0 Å². The van der Waals surface area contributed by atoms with E-state index in [1.165, 1.54) is 12.1 Å². The minimum Gasteiger partial charge on any atom is -0.453 e. The SMILES string of the molecule is CCc1ccc(C#Cc2cccc(C(F)(F)F)c2)o1. The molecule has 0 radical (unpaired) electrons. The van der Waals surface area contributed by atoms with E-state index in [1.807, 2.05) is 6.92 Å². The maximum atomic E-state index is 12.5. The Bertz CT molecular complexity index is 627. The Hall–Kier alpha value is -2.15. The Morgan fingerprint density at radius 3 is 2.53 bits per heavy atom. The fourth-order valence-electron chi connectivity index (χ4n) is 1.54. The molecule has 0 amide bonds. The molecule has 0 atom stereocenters. The minimum absolute atomic E-state index is 0.310. The van der Waals surface area contributed by atoms with Crippen molar-refractivity contribution in [1.82, 2.24) is 0 Å². The maximum Gasteiger partial charge on any atom is 0.416 e. The molecule has 0 fully saturated rings. The lowest BCUT2D eigenvalue weighted by Gasteiger charge is -2.05. The van der Waals surface area contributed by atoms with Crippen LogP contribution in [0.2, 0.25) is 0 Å². The van der Waals surface area contributed by atoms with Gasteiger partial charge in [-0.1, -0.05) is 18.9 Å². The quantitative estimate of drug-likeness (QED) is 0.701. The number of rotatable bonds is 1. The molecule has 0 aliphatic carbocycles. The van der Waals surface area contributed by atoms with Crippen LogP contribution in [-0.4, -0.2) is 0 Å². The first-order valence-corrected chi connectivity index (χ1v) is 5.77. The van der Waals surface area contributed by atoms with E-state index in [4.69, 9.17) is 4.42 Å². The van der Waals surface area contributed by atoms with Crippen LogP contribution >= 0.6 is 0 Å². The van der Waals surface area contributed by atoms with Gasteiger partial charge in [0.05, 0.1) is 5.56 Å². The van der Waals surface area contributed by atoms with Gasteiger partial charge in [0.2, 0.25) is 0 Å². The highest BCUT2D eigenvalue weighted by Gasteiger charge is 2.30. The van der Waals surface area contributed by atoms with Gasteiger partial charge in [0, 0.05) is 12.0 Å². The third-order valence-electron chi connectivity index (χ3n) is 2.53. The number of hydrogen-bond donors (Lipinski definition) is 0. The van der Waals surface area contributed by atoms with Gasteiger partial charge in [0.1, 0.15) is 5.76 Å². The summed E-state index contributed by atoms with van der Waals surface area (Å²) in [7, 11) is 0. The Balaban J connectivity index is 2.25. The third-order valence-corrected chi connectivity index (χ3v) is 2.53. The summed E-state index contributed by atoms with van der Waals surface area (Å²) < 4.78 is 42.9. The van der Waals surface area contributed by atoms with Gasteiger partial charge in [0.15, 0.2) is 5.76 Å². The Labute approximate surface area is 109 Å². The molecule has 2 rings (SSSR count). The molecule has 0 bridgehead atoms. The summed E-state index contributed by atoms with van der Waals surface area (Å²) in [5.74, 6) is 6.63. The average molecular weight is 264 g/mol. The van der Waals surface area contributed by atoms with Crippen LogP contribution in [0, 0.1) is 11.8 Å². The first-order chi connectivity index (χ1) is 8.99. The van der Waals surface area contributed by atoms with E-state index in [0.29, 0.717) is 11.3 Å². The normalized spacial score (nSPS) is 10.9. The Kier molecular flexibility index (Phi) is 3.66. The number of furan rings is 1. The van der Waals surface area contributed by atoms with E-state index < -0.39 is 11.7 Å². The van der Waals surface area contributed by atoms with Crippen LogP contribution in [0.15, 0.2) is 40.8 Å². The molecular formula is C15H11F3O. The number of hydrogen-bond acceptors (Lipinski definition) is 1. The predicted molar refractivity (Wildman–Crippen MR) is 65.5 cm³/mol. The molecule has 0 aliphatic heterocycles. The second-order valence-electron chi connectivity index (χ2n) is 3.95. The van der Waals surface area contributed by atoms with Crippen LogP contribution in [0.5, 0.6) is 0 Å². The first kappa shape index (κ1) is 13.3. The lowest BCUT2D eigenvalue weighted by atomic mass is 10.1. The zero-order valence-corrected chi connectivity index (χ0v) is 10.2. The summed E-state index contributed by atoms with van der Waals surface area (Å²) >= 11 is 0. The largest absolute Gasteiger partial charge is 0.453 e. The zero-order valence-electron chi connectivity index (χ0n) is 10.2. The Morgan fingerprint density at radius 2 is 1.89 bits per heavy atom. The number of aryl methyl sites for hydroxylation is 1. The van der Waals surface area contributed by atoms with Crippen LogP contribution < -0.4 is 0 Å². The molecule has 1 nitrogen and oxygen atoms in total. The highest BCUT2D eigenvalue weighted by atomic mass is 19.4. The van der Waals surface area contributed by atoms with Gasteiger partial charge >= 0.3 is 6.18 Å². The van der Waals surface area contributed by atoms with Gasteiger partial charge in [-0.3, -0.25) is 0 Å². The number of alkyl halides is 3. The summed E-state index contributed by atoms with van der Waals surface area (Å²) in [6.07, 6.45) is -3.59. The topological polar surface area (TPSA) is 13.1 Å². The summed E-state index contributed by atoms with van der Waals surface area (Å²) in [6, 6.07) is 8.43. The molecule has 4 heteroatoms. The van der Waals surface area contributed by atoms with E-state index in [9.17, 15) is 13.2 Å². The van der Waals surface area contributed by atoms with E-state index in [0.717, 1.165) is 24.3 Å². The van der Waals surface area contributed by atoms with E-state index in [-0.39, 0.29) is 0 Å². The molecule has 2 aromatic rings.